The Balaban J connectivity index is 1.19. The van der Waals surface area contributed by atoms with Crippen LogP contribution in [0.1, 0.15) is 41.0 Å². The lowest BCUT2D eigenvalue weighted by molar-refractivity contribution is 0.0610. The lowest BCUT2D eigenvalue weighted by Gasteiger charge is -2.35. The van der Waals surface area contributed by atoms with Gasteiger partial charge >= 0.3 is 0 Å². The summed E-state index contributed by atoms with van der Waals surface area (Å²) in [6.45, 7) is 7.35. The van der Waals surface area contributed by atoms with Crippen molar-refractivity contribution in [3.63, 3.8) is 0 Å². The average molecular weight is 669 g/mol. The Hall–Kier alpha value is -3.64. The van der Waals surface area contributed by atoms with Crippen LogP contribution in [-0.2, 0) is 16.6 Å². The van der Waals surface area contributed by atoms with Crippen LogP contribution in [-0.4, -0.2) is 77.0 Å². The van der Waals surface area contributed by atoms with Gasteiger partial charge in [-0.1, -0.05) is 42.3 Å². The fraction of sp³-hybridized carbons (Fsp3) is 0.344. The molecule has 0 bridgehead atoms. The zero-order chi connectivity index (χ0) is 31.9. The first-order chi connectivity index (χ1) is 21.5. The number of anilines is 3. The molecular formula is C32H35Cl2N7O3S. The van der Waals surface area contributed by atoms with Gasteiger partial charge in [-0.3, -0.25) is 4.79 Å². The van der Waals surface area contributed by atoms with Gasteiger partial charge in [0.05, 0.1) is 28.7 Å². The zero-order valence-corrected chi connectivity index (χ0v) is 27.7. The van der Waals surface area contributed by atoms with Crippen LogP contribution in [0, 0.1) is 6.92 Å². The molecule has 0 aliphatic carbocycles. The summed E-state index contributed by atoms with van der Waals surface area (Å²) in [5.41, 5.74) is 5.68. The van der Waals surface area contributed by atoms with E-state index < -0.39 is 10.0 Å². The molecule has 4 aromatic rings. The highest BCUT2D eigenvalue weighted by Gasteiger charge is 2.31. The summed E-state index contributed by atoms with van der Waals surface area (Å²) in [7, 11) is -3.20. The molecule has 4 heterocycles. The van der Waals surface area contributed by atoms with Crippen LogP contribution in [0.15, 0.2) is 60.9 Å². The highest BCUT2D eigenvalue weighted by atomic mass is 35.5. The summed E-state index contributed by atoms with van der Waals surface area (Å²) in [4.78, 5) is 27.1. The number of piperazine rings is 1. The number of fused-ring (bicyclic) bond motifs is 1. The summed E-state index contributed by atoms with van der Waals surface area (Å²) in [5.74, 6) is 0.366. The van der Waals surface area contributed by atoms with Gasteiger partial charge < -0.3 is 19.7 Å². The van der Waals surface area contributed by atoms with E-state index in [9.17, 15) is 13.2 Å². The molecule has 1 fully saturated rings. The third-order valence-electron chi connectivity index (χ3n) is 8.47. The fourth-order valence-electron chi connectivity index (χ4n) is 6.11. The second kappa shape index (κ2) is 12.6. The molecule has 2 aromatic carbocycles. The van der Waals surface area contributed by atoms with E-state index in [0.717, 1.165) is 34.5 Å². The van der Waals surface area contributed by atoms with E-state index in [4.69, 9.17) is 28.2 Å². The molecule has 45 heavy (non-hydrogen) atoms. The van der Waals surface area contributed by atoms with Crippen LogP contribution in [0.4, 0.5) is 17.3 Å². The molecule has 236 valence electrons. The number of aryl methyl sites for hydroxylation is 1. The Morgan fingerprint density at radius 1 is 1.00 bits per heavy atom. The SMILES string of the molecule is CC[C@H](c1cccc(Cl)c1)N1CCn2cc(-c3nc(Nc4ccc(N5CCN(S(C)(=O)=O)CC5)cc4Cl)ncc3C)cc2C1=O. The lowest BCUT2D eigenvalue weighted by atomic mass is 10.0. The van der Waals surface area contributed by atoms with E-state index in [1.54, 1.807) is 6.20 Å². The van der Waals surface area contributed by atoms with Crippen molar-refractivity contribution in [1.82, 2.24) is 23.7 Å². The van der Waals surface area contributed by atoms with Crippen LogP contribution in [0.5, 0.6) is 0 Å². The van der Waals surface area contributed by atoms with Gasteiger partial charge in [-0.25, -0.2) is 18.4 Å². The minimum absolute atomic E-state index is 0.0195. The monoisotopic (exact) mass is 667 g/mol. The molecule has 1 N–H and O–H groups in total. The largest absolute Gasteiger partial charge is 0.369 e. The second-order valence-electron chi connectivity index (χ2n) is 11.4. The van der Waals surface area contributed by atoms with Gasteiger partial charge in [0, 0.05) is 67.9 Å². The van der Waals surface area contributed by atoms with Crippen molar-refractivity contribution in [3.05, 3.63) is 87.8 Å². The highest BCUT2D eigenvalue weighted by molar-refractivity contribution is 7.88. The number of carbonyl (C=O) groups is 1. The molecule has 2 aromatic heterocycles. The molecule has 10 nitrogen and oxygen atoms in total. The normalized spacial score (nSPS) is 16.5. The Bertz CT molecular complexity index is 1860. The van der Waals surface area contributed by atoms with E-state index in [1.165, 1.54) is 10.6 Å². The Kier molecular flexibility index (Phi) is 8.80. The third kappa shape index (κ3) is 6.53. The summed E-state index contributed by atoms with van der Waals surface area (Å²) in [6.07, 6.45) is 5.76. The van der Waals surface area contributed by atoms with Crippen LogP contribution in [0.3, 0.4) is 0 Å². The predicted octanol–water partition coefficient (Wildman–Crippen LogP) is 5.99. The molecule has 13 heteroatoms. The van der Waals surface area contributed by atoms with Crippen LogP contribution >= 0.6 is 23.2 Å². The van der Waals surface area contributed by atoms with Crippen molar-refractivity contribution < 1.29 is 13.2 Å². The van der Waals surface area contributed by atoms with Crippen LogP contribution in [0.2, 0.25) is 10.0 Å². The number of nitrogens with zero attached hydrogens (tertiary/aromatic N) is 6. The number of aromatic nitrogens is 3. The van der Waals surface area contributed by atoms with E-state index in [2.05, 4.69) is 22.1 Å². The Morgan fingerprint density at radius 2 is 1.78 bits per heavy atom. The number of benzene rings is 2. The summed E-state index contributed by atoms with van der Waals surface area (Å²) in [5, 5.41) is 4.39. The van der Waals surface area contributed by atoms with Crippen molar-refractivity contribution in [2.24, 2.45) is 0 Å². The Labute approximate surface area is 273 Å². The summed E-state index contributed by atoms with van der Waals surface area (Å²) in [6, 6.07) is 15.2. The molecule has 1 amide bonds. The number of hydrogen-bond acceptors (Lipinski definition) is 7. The molecule has 1 saturated heterocycles. The fourth-order valence-corrected chi connectivity index (χ4v) is 7.36. The minimum Gasteiger partial charge on any atom is -0.369 e. The maximum Gasteiger partial charge on any atom is 0.271 e. The second-order valence-corrected chi connectivity index (χ2v) is 14.3. The topological polar surface area (TPSA) is 104 Å². The van der Waals surface area contributed by atoms with Crippen LogP contribution in [0.25, 0.3) is 11.3 Å². The van der Waals surface area contributed by atoms with Crippen molar-refractivity contribution in [2.45, 2.75) is 32.9 Å². The first-order valence-electron chi connectivity index (χ1n) is 14.9. The summed E-state index contributed by atoms with van der Waals surface area (Å²) >= 11 is 12.9. The van der Waals surface area contributed by atoms with E-state index in [1.807, 2.05) is 71.1 Å². The van der Waals surface area contributed by atoms with Crippen molar-refractivity contribution in [1.29, 1.82) is 0 Å². The molecule has 6 rings (SSSR count). The number of sulfonamides is 1. The maximum absolute atomic E-state index is 13.7. The molecule has 2 aliphatic heterocycles. The standard InChI is InChI=1S/C32H35Cl2N7O3S/c1-4-28(22-6-5-7-24(33)16-22)41-15-12-39-20-23(17-29(39)31(41)42)30-21(2)19-35-32(37-30)36-27-9-8-25(18-26(27)34)38-10-13-40(14-11-38)45(3,43)44/h5-9,16-20,28H,4,10-15H2,1-3H3,(H,35,36,37)/t28-/m1/s1. The highest BCUT2D eigenvalue weighted by Crippen LogP contribution is 2.34. The minimum atomic E-state index is -3.20. The van der Waals surface area contributed by atoms with Crippen molar-refractivity contribution in [2.75, 3.05) is 49.2 Å². The van der Waals surface area contributed by atoms with Gasteiger partial charge in [0.1, 0.15) is 5.69 Å². The lowest BCUT2D eigenvalue weighted by Crippen LogP contribution is -2.48. The number of carbonyl (C=O) groups excluding carboxylic acids is 1. The van der Waals surface area contributed by atoms with Gasteiger partial charge in [-0.2, -0.15) is 4.31 Å². The van der Waals surface area contributed by atoms with Gasteiger partial charge in [0.2, 0.25) is 16.0 Å². The smallest absolute Gasteiger partial charge is 0.271 e. The number of nitrogens with one attached hydrogen (secondary N) is 1. The average Bonchev–Trinajstić information content (AvgIpc) is 3.45. The first kappa shape index (κ1) is 31.3. The third-order valence-corrected chi connectivity index (χ3v) is 10.3. The number of amides is 1. The predicted molar refractivity (Wildman–Crippen MR) is 179 cm³/mol. The van der Waals surface area contributed by atoms with Crippen molar-refractivity contribution >= 4 is 56.5 Å². The number of halogens is 2. The van der Waals surface area contributed by atoms with Gasteiger partial charge in [0.25, 0.3) is 5.91 Å². The first-order valence-corrected chi connectivity index (χ1v) is 17.5. The van der Waals surface area contributed by atoms with Gasteiger partial charge in [-0.05, 0) is 60.9 Å². The molecule has 1 atom stereocenters. The van der Waals surface area contributed by atoms with Crippen molar-refractivity contribution in [3.8, 4) is 11.3 Å². The number of hydrogen-bond donors (Lipinski definition) is 1. The molecular weight excluding hydrogens is 633 g/mol. The summed E-state index contributed by atoms with van der Waals surface area (Å²) < 4.78 is 27.2. The zero-order valence-electron chi connectivity index (χ0n) is 25.4. The van der Waals surface area contributed by atoms with E-state index >= 15 is 0 Å². The molecule has 0 unspecified atom stereocenters. The number of rotatable bonds is 8. The van der Waals surface area contributed by atoms with Crippen LogP contribution < -0.4 is 10.2 Å². The maximum atomic E-state index is 13.7. The van der Waals surface area contributed by atoms with E-state index in [0.29, 0.717) is 66.6 Å². The molecule has 2 aliphatic rings. The van der Waals surface area contributed by atoms with Gasteiger partial charge in [-0.15, -0.1) is 0 Å². The quantitative estimate of drug-likeness (QED) is 0.246. The molecule has 0 saturated carbocycles. The van der Waals surface area contributed by atoms with Gasteiger partial charge in [0.15, 0.2) is 0 Å². The molecule has 0 spiro atoms. The Morgan fingerprint density at radius 3 is 2.47 bits per heavy atom. The van der Waals surface area contributed by atoms with E-state index in [-0.39, 0.29) is 11.9 Å². The molecule has 0 radical (unpaired) electrons.